The third kappa shape index (κ3) is 2.90. The van der Waals surface area contributed by atoms with E-state index in [1.165, 1.54) is 0 Å². The molecule has 0 aromatic carbocycles. The second-order valence-corrected chi connectivity index (χ2v) is 5.63. The number of hydrogen-bond donors (Lipinski definition) is 2. The Labute approximate surface area is 117 Å². The highest BCUT2D eigenvalue weighted by molar-refractivity contribution is 7.99. The predicted molar refractivity (Wildman–Crippen MR) is 76.2 cm³/mol. The maximum absolute atomic E-state index is 5.52. The SMILES string of the molecule is Cc1occc1Sc1nc(C(C)C)nc(NN)c1C. The molecule has 3 N–H and O–H groups in total. The third-order valence-electron chi connectivity index (χ3n) is 2.79. The zero-order valence-corrected chi connectivity index (χ0v) is 12.3. The zero-order valence-electron chi connectivity index (χ0n) is 11.5. The summed E-state index contributed by atoms with van der Waals surface area (Å²) in [4.78, 5) is 10.1. The van der Waals surface area contributed by atoms with E-state index in [1.54, 1.807) is 18.0 Å². The first-order valence-corrected chi connectivity index (χ1v) is 6.91. The Kier molecular flexibility index (Phi) is 4.11. The summed E-state index contributed by atoms with van der Waals surface area (Å²) < 4.78 is 5.31. The molecule has 19 heavy (non-hydrogen) atoms. The number of nitrogens with two attached hydrogens (primary N) is 1. The van der Waals surface area contributed by atoms with Crippen LogP contribution in [0.15, 0.2) is 26.7 Å². The lowest BCUT2D eigenvalue weighted by atomic mass is 10.2. The summed E-state index contributed by atoms with van der Waals surface area (Å²) in [7, 11) is 0. The molecule has 2 aromatic heterocycles. The van der Waals surface area contributed by atoms with E-state index < -0.39 is 0 Å². The molecule has 0 unspecified atom stereocenters. The van der Waals surface area contributed by atoms with E-state index in [2.05, 4.69) is 29.2 Å². The van der Waals surface area contributed by atoms with Crippen molar-refractivity contribution in [1.29, 1.82) is 0 Å². The summed E-state index contributed by atoms with van der Waals surface area (Å²) in [6, 6.07) is 1.94. The van der Waals surface area contributed by atoms with E-state index in [-0.39, 0.29) is 5.92 Å². The molecule has 5 nitrogen and oxygen atoms in total. The van der Waals surface area contributed by atoms with Crippen molar-refractivity contribution in [1.82, 2.24) is 9.97 Å². The highest BCUT2D eigenvalue weighted by Crippen LogP contribution is 2.34. The second-order valence-electron chi connectivity index (χ2n) is 4.60. The van der Waals surface area contributed by atoms with Crippen molar-refractivity contribution in [3.05, 3.63) is 29.5 Å². The van der Waals surface area contributed by atoms with Crippen LogP contribution in [-0.4, -0.2) is 9.97 Å². The highest BCUT2D eigenvalue weighted by atomic mass is 32.2. The van der Waals surface area contributed by atoms with Crippen molar-refractivity contribution in [2.45, 2.75) is 43.5 Å². The molecule has 0 fully saturated rings. The van der Waals surface area contributed by atoms with Crippen LogP contribution in [0, 0.1) is 13.8 Å². The molecule has 0 amide bonds. The van der Waals surface area contributed by atoms with Crippen LogP contribution in [-0.2, 0) is 0 Å². The van der Waals surface area contributed by atoms with E-state index in [9.17, 15) is 0 Å². The molecule has 0 bridgehead atoms. The first-order chi connectivity index (χ1) is 9.02. The van der Waals surface area contributed by atoms with Crippen LogP contribution in [0.5, 0.6) is 0 Å². The van der Waals surface area contributed by atoms with Gasteiger partial charge >= 0.3 is 0 Å². The molecule has 0 saturated heterocycles. The Balaban J connectivity index is 2.43. The Morgan fingerprint density at radius 3 is 2.58 bits per heavy atom. The van der Waals surface area contributed by atoms with Gasteiger partial charge in [0.25, 0.3) is 0 Å². The van der Waals surface area contributed by atoms with E-state index >= 15 is 0 Å². The van der Waals surface area contributed by atoms with Crippen molar-refractivity contribution in [3.8, 4) is 0 Å². The van der Waals surface area contributed by atoms with Gasteiger partial charge < -0.3 is 9.84 Å². The zero-order chi connectivity index (χ0) is 14.0. The smallest absolute Gasteiger partial charge is 0.147 e. The number of furan rings is 1. The van der Waals surface area contributed by atoms with E-state index in [0.717, 1.165) is 27.1 Å². The predicted octanol–water partition coefficient (Wildman–Crippen LogP) is 3.25. The summed E-state index contributed by atoms with van der Waals surface area (Å²) in [6.45, 7) is 8.01. The molecule has 0 aliphatic heterocycles. The summed E-state index contributed by atoms with van der Waals surface area (Å²) in [5, 5.41) is 0.899. The molecular weight excluding hydrogens is 260 g/mol. The van der Waals surface area contributed by atoms with Crippen LogP contribution < -0.4 is 11.3 Å². The number of rotatable bonds is 4. The lowest BCUT2D eigenvalue weighted by Crippen LogP contribution is -2.13. The second kappa shape index (κ2) is 5.63. The summed E-state index contributed by atoms with van der Waals surface area (Å²) in [5.74, 6) is 8.11. The Bertz CT molecular complexity index is 580. The number of hydrogen-bond acceptors (Lipinski definition) is 6. The van der Waals surface area contributed by atoms with Crippen LogP contribution in [0.2, 0.25) is 0 Å². The molecule has 0 atom stereocenters. The van der Waals surface area contributed by atoms with Gasteiger partial charge in [0.1, 0.15) is 22.4 Å². The number of nitrogens with zero attached hydrogens (tertiary/aromatic N) is 2. The van der Waals surface area contributed by atoms with E-state index in [0.29, 0.717) is 5.82 Å². The van der Waals surface area contributed by atoms with Gasteiger partial charge in [-0.05, 0) is 19.9 Å². The van der Waals surface area contributed by atoms with E-state index in [4.69, 9.17) is 10.3 Å². The number of nitrogens with one attached hydrogen (secondary N) is 1. The topological polar surface area (TPSA) is 77.0 Å². The summed E-state index contributed by atoms with van der Waals surface area (Å²) >= 11 is 1.57. The minimum Gasteiger partial charge on any atom is -0.468 e. The molecule has 2 aromatic rings. The maximum atomic E-state index is 5.52. The van der Waals surface area contributed by atoms with Gasteiger partial charge in [0.15, 0.2) is 0 Å². The monoisotopic (exact) mass is 278 g/mol. The van der Waals surface area contributed by atoms with Crippen LogP contribution in [0.25, 0.3) is 0 Å². The number of aryl methyl sites for hydroxylation is 1. The molecule has 0 aliphatic rings. The molecule has 0 spiro atoms. The Hall–Kier alpha value is -1.53. The van der Waals surface area contributed by atoms with Crippen molar-refractivity contribution < 1.29 is 4.42 Å². The minimum absolute atomic E-state index is 0.248. The lowest BCUT2D eigenvalue weighted by Gasteiger charge is -2.13. The maximum Gasteiger partial charge on any atom is 0.147 e. The van der Waals surface area contributed by atoms with Crippen molar-refractivity contribution in [2.24, 2.45) is 5.84 Å². The van der Waals surface area contributed by atoms with Crippen molar-refractivity contribution >= 4 is 17.6 Å². The number of anilines is 1. The molecule has 0 saturated carbocycles. The Morgan fingerprint density at radius 2 is 2.05 bits per heavy atom. The van der Waals surface area contributed by atoms with Crippen LogP contribution in [0.1, 0.15) is 36.9 Å². The molecule has 0 aliphatic carbocycles. The first-order valence-electron chi connectivity index (χ1n) is 6.10. The molecule has 2 heterocycles. The van der Waals surface area contributed by atoms with Gasteiger partial charge in [0.2, 0.25) is 0 Å². The number of aromatic nitrogens is 2. The van der Waals surface area contributed by atoms with Gasteiger partial charge in [0, 0.05) is 11.5 Å². The average Bonchev–Trinajstić information content (AvgIpc) is 2.77. The fourth-order valence-electron chi connectivity index (χ4n) is 1.59. The average molecular weight is 278 g/mol. The number of nitrogen functional groups attached to an aromatic ring is 1. The molecule has 6 heteroatoms. The van der Waals surface area contributed by atoms with Crippen LogP contribution in [0.3, 0.4) is 0 Å². The normalized spacial score (nSPS) is 11.1. The van der Waals surface area contributed by atoms with Crippen LogP contribution in [0.4, 0.5) is 5.82 Å². The minimum atomic E-state index is 0.248. The van der Waals surface area contributed by atoms with Crippen LogP contribution >= 0.6 is 11.8 Å². The highest BCUT2D eigenvalue weighted by Gasteiger charge is 2.15. The van der Waals surface area contributed by atoms with Gasteiger partial charge in [0.05, 0.1) is 11.2 Å². The quantitative estimate of drug-likeness (QED) is 0.508. The summed E-state index contributed by atoms with van der Waals surface area (Å²) in [5.41, 5.74) is 3.58. The lowest BCUT2D eigenvalue weighted by molar-refractivity contribution is 0.527. The Morgan fingerprint density at radius 1 is 1.32 bits per heavy atom. The van der Waals surface area contributed by atoms with Crippen molar-refractivity contribution in [2.75, 3.05) is 5.43 Å². The van der Waals surface area contributed by atoms with Gasteiger partial charge in [-0.2, -0.15) is 0 Å². The fourth-order valence-corrected chi connectivity index (χ4v) is 2.51. The van der Waals surface area contributed by atoms with Gasteiger partial charge in [-0.1, -0.05) is 25.6 Å². The van der Waals surface area contributed by atoms with E-state index in [1.807, 2.05) is 19.9 Å². The third-order valence-corrected chi connectivity index (χ3v) is 4.02. The van der Waals surface area contributed by atoms with Crippen molar-refractivity contribution in [3.63, 3.8) is 0 Å². The molecule has 102 valence electrons. The standard InChI is InChI=1S/C13H18N4OS/c1-7(2)11-15-12(17-14)8(3)13(16-11)19-10-5-6-18-9(10)4/h5-7H,14H2,1-4H3,(H,15,16,17). The molecule has 0 radical (unpaired) electrons. The number of hydrazine groups is 1. The first kappa shape index (κ1) is 13.9. The summed E-state index contributed by atoms with van der Waals surface area (Å²) in [6.07, 6.45) is 1.68. The molecule has 2 rings (SSSR count). The van der Waals surface area contributed by atoms with Gasteiger partial charge in [-0.15, -0.1) is 0 Å². The molecular formula is C13H18N4OS. The van der Waals surface area contributed by atoms with Gasteiger partial charge in [-0.25, -0.2) is 15.8 Å². The fraction of sp³-hybridized carbons (Fsp3) is 0.385. The largest absolute Gasteiger partial charge is 0.468 e. The van der Waals surface area contributed by atoms with Gasteiger partial charge in [-0.3, -0.25) is 0 Å².